The maximum Gasteiger partial charge on any atom is 0.229 e. The van der Waals surface area contributed by atoms with Crippen LogP contribution in [-0.2, 0) is 9.59 Å². The number of nitrogens with one attached hydrogen (secondary N) is 2. The van der Waals surface area contributed by atoms with Crippen molar-refractivity contribution in [3.63, 3.8) is 0 Å². The molecule has 6 nitrogen and oxygen atoms in total. The highest BCUT2D eigenvalue weighted by Crippen LogP contribution is 2.37. The Hall–Kier alpha value is -3.14. The van der Waals surface area contributed by atoms with Gasteiger partial charge in [0.05, 0.1) is 21.2 Å². The van der Waals surface area contributed by atoms with Gasteiger partial charge in [0.25, 0.3) is 0 Å². The second kappa shape index (κ2) is 9.14. The van der Waals surface area contributed by atoms with Crippen LogP contribution in [0.15, 0.2) is 37.9 Å². The Morgan fingerprint density at radius 1 is 0.886 bits per heavy atom. The number of amides is 2. The molecule has 0 aliphatic heterocycles. The molecule has 2 N–H and O–H groups in total. The van der Waals surface area contributed by atoms with Crippen molar-refractivity contribution in [2.45, 2.75) is 41.5 Å². The van der Waals surface area contributed by atoms with Gasteiger partial charge in [0.2, 0.25) is 11.8 Å². The Labute approximate surface area is 208 Å². The molecule has 3 rings (SSSR count). The van der Waals surface area contributed by atoms with Crippen molar-refractivity contribution < 1.29 is 27.2 Å². The quantitative estimate of drug-likeness (QED) is 0.358. The van der Waals surface area contributed by atoms with Gasteiger partial charge in [-0.3, -0.25) is 14.4 Å². The summed E-state index contributed by atoms with van der Waals surface area (Å²) in [5.74, 6) is -4.37. The van der Waals surface area contributed by atoms with E-state index >= 15 is 0 Å². The molecule has 2 amide bonds. The lowest BCUT2D eigenvalue weighted by molar-refractivity contribution is -0.123. The maximum absolute atomic E-state index is 14.9. The summed E-state index contributed by atoms with van der Waals surface area (Å²) < 4.78 is 49.4. The Morgan fingerprint density at radius 3 is 2.00 bits per heavy atom. The smallest absolute Gasteiger partial charge is 0.229 e. The maximum atomic E-state index is 14.9. The molecule has 0 spiro atoms. The predicted octanol–water partition coefficient (Wildman–Crippen LogP) is 6.61. The normalized spacial score (nSPS) is 12.1. The fourth-order valence-electron chi connectivity index (χ4n) is 2.94. The van der Waals surface area contributed by atoms with Crippen LogP contribution in [0.1, 0.15) is 41.5 Å². The van der Waals surface area contributed by atoms with E-state index in [1.54, 1.807) is 41.5 Å². The van der Waals surface area contributed by atoms with E-state index in [9.17, 15) is 27.6 Å². The molecule has 1 aromatic heterocycles. The number of anilines is 2. The Bertz CT molecular complexity index is 1420. The van der Waals surface area contributed by atoms with Gasteiger partial charge in [-0.1, -0.05) is 41.5 Å². The minimum absolute atomic E-state index is 0.0791. The Morgan fingerprint density at radius 2 is 1.46 bits per heavy atom. The molecule has 35 heavy (non-hydrogen) atoms. The van der Waals surface area contributed by atoms with Crippen molar-refractivity contribution in [2.75, 3.05) is 10.6 Å². The highest BCUT2D eigenvalue weighted by Gasteiger charge is 2.28. The van der Waals surface area contributed by atoms with E-state index in [2.05, 4.69) is 26.6 Å². The second-order valence-corrected chi connectivity index (χ2v) is 10.9. The van der Waals surface area contributed by atoms with Crippen molar-refractivity contribution in [1.29, 1.82) is 0 Å². The van der Waals surface area contributed by atoms with Gasteiger partial charge < -0.3 is 15.1 Å². The van der Waals surface area contributed by atoms with Crippen LogP contribution in [0.25, 0.3) is 22.3 Å². The molecular weight excluding hydrogens is 529 g/mol. The Kier molecular flexibility index (Phi) is 6.91. The molecule has 0 saturated carbocycles. The molecule has 1 heterocycles. The van der Waals surface area contributed by atoms with Crippen molar-refractivity contribution in [3.05, 3.63) is 56.4 Å². The molecular formula is C25H24BrF3N2O4. The summed E-state index contributed by atoms with van der Waals surface area (Å²) in [7, 11) is 0. The van der Waals surface area contributed by atoms with E-state index < -0.39 is 66.7 Å². The minimum Gasteiger partial charge on any atom is -0.453 e. The number of hydrogen-bond donors (Lipinski definition) is 2. The fraction of sp³-hybridized carbons (Fsp3) is 0.320. The van der Waals surface area contributed by atoms with E-state index in [0.717, 1.165) is 12.1 Å². The van der Waals surface area contributed by atoms with Gasteiger partial charge in [-0.25, -0.2) is 13.2 Å². The molecule has 0 atom stereocenters. The molecule has 0 fully saturated rings. The second-order valence-electron chi connectivity index (χ2n) is 10.1. The largest absolute Gasteiger partial charge is 0.453 e. The highest BCUT2D eigenvalue weighted by atomic mass is 79.9. The van der Waals surface area contributed by atoms with Gasteiger partial charge in [-0.2, -0.15) is 0 Å². The third kappa shape index (κ3) is 5.27. The van der Waals surface area contributed by atoms with Crippen LogP contribution in [0, 0.1) is 28.3 Å². The van der Waals surface area contributed by atoms with Crippen molar-refractivity contribution in [3.8, 4) is 11.3 Å². The number of hydrogen-bond acceptors (Lipinski definition) is 4. The first-order chi connectivity index (χ1) is 16.0. The molecule has 3 aromatic rings. The summed E-state index contributed by atoms with van der Waals surface area (Å²) in [4.78, 5) is 37.5. The van der Waals surface area contributed by atoms with Crippen LogP contribution < -0.4 is 16.1 Å². The summed E-state index contributed by atoms with van der Waals surface area (Å²) in [6, 6.07) is 4.62. The van der Waals surface area contributed by atoms with Crippen molar-refractivity contribution in [2.24, 2.45) is 10.8 Å². The van der Waals surface area contributed by atoms with Crippen LogP contribution in [0.5, 0.6) is 0 Å². The van der Waals surface area contributed by atoms with E-state index in [1.165, 1.54) is 12.1 Å². The van der Waals surface area contributed by atoms with Gasteiger partial charge in [-0.05, 0) is 34.1 Å². The van der Waals surface area contributed by atoms with E-state index in [1.807, 2.05) is 0 Å². The van der Waals surface area contributed by atoms with Gasteiger partial charge in [0, 0.05) is 22.5 Å². The monoisotopic (exact) mass is 552 g/mol. The number of halogens is 4. The minimum atomic E-state index is -1.19. The molecule has 186 valence electrons. The zero-order chi connectivity index (χ0) is 26.5. The fourth-order valence-corrected chi connectivity index (χ4v) is 3.32. The molecule has 0 aliphatic rings. The summed E-state index contributed by atoms with van der Waals surface area (Å²) in [6.07, 6.45) is 0. The van der Waals surface area contributed by atoms with Crippen LogP contribution in [0.3, 0.4) is 0 Å². The number of fused-ring (bicyclic) bond motifs is 1. The lowest BCUT2D eigenvalue weighted by atomic mass is 9.95. The summed E-state index contributed by atoms with van der Waals surface area (Å²) in [5.41, 5.74) is -3.68. The van der Waals surface area contributed by atoms with E-state index in [-0.39, 0.29) is 17.0 Å². The van der Waals surface area contributed by atoms with Gasteiger partial charge >= 0.3 is 0 Å². The molecule has 10 heteroatoms. The average Bonchev–Trinajstić information content (AvgIpc) is 2.74. The van der Waals surface area contributed by atoms with E-state index in [0.29, 0.717) is 0 Å². The topological polar surface area (TPSA) is 88.4 Å². The standard InChI is InChI=1S/C25H24BrF3N2O4/c1-24(2,3)22(33)30-13-8-7-11(9-12(13)27)15-10-14(32)16-20(31-23(34)25(4,5)6)18(28)17(26)19(29)21(16)35-15/h7-10H,1-6H3,(H,30,33)(H,31,34). The summed E-state index contributed by atoms with van der Waals surface area (Å²) in [6.45, 7) is 9.78. The first-order valence-corrected chi connectivity index (χ1v) is 11.4. The summed E-state index contributed by atoms with van der Waals surface area (Å²) >= 11 is 2.79. The number of rotatable bonds is 3. The SMILES string of the molecule is CC(C)(C)C(=O)Nc1ccc(-c2cc(=O)c3c(NC(=O)C(C)(C)C)c(F)c(Br)c(F)c3o2)cc1F. The third-order valence-corrected chi connectivity index (χ3v) is 5.80. The molecule has 0 bridgehead atoms. The molecule has 0 radical (unpaired) electrons. The highest BCUT2D eigenvalue weighted by molar-refractivity contribution is 9.10. The van der Waals surface area contributed by atoms with Gasteiger partial charge in [0.15, 0.2) is 22.6 Å². The van der Waals surface area contributed by atoms with E-state index in [4.69, 9.17) is 4.42 Å². The number of carbonyl (C=O) groups excluding carboxylic acids is 2. The van der Waals surface area contributed by atoms with Crippen LogP contribution in [0.2, 0.25) is 0 Å². The van der Waals surface area contributed by atoms with Crippen LogP contribution in [0.4, 0.5) is 24.5 Å². The first-order valence-electron chi connectivity index (χ1n) is 10.6. The molecule has 0 unspecified atom stereocenters. The van der Waals surface area contributed by atoms with Gasteiger partial charge in [-0.15, -0.1) is 0 Å². The first kappa shape index (κ1) is 26.5. The zero-order valence-electron chi connectivity index (χ0n) is 20.0. The van der Waals surface area contributed by atoms with Crippen LogP contribution >= 0.6 is 15.9 Å². The lowest BCUT2D eigenvalue weighted by Crippen LogP contribution is -2.28. The number of carbonyl (C=O) groups is 2. The lowest BCUT2D eigenvalue weighted by Gasteiger charge is -2.19. The predicted molar refractivity (Wildman–Crippen MR) is 132 cm³/mol. The molecule has 0 aliphatic carbocycles. The van der Waals surface area contributed by atoms with Crippen molar-refractivity contribution in [1.82, 2.24) is 0 Å². The molecule has 2 aromatic carbocycles. The zero-order valence-corrected chi connectivity index (χ0v) is 21.5. The van der Waals surface area contributed by atoms with Gasteiger partial charge in [0.1, 0.15) is 11.6 Å². The number of benzene rings is 2. The third-order valence-electron chi connectivity index (χ3n) is 5.10. The molecule has 0 saturated heterocycles. The summed E-state index contributed by atoms with van der Waals surface area (Å²) in [5, 5.41) is 4.31. The Balaban J connectivity index is 2.15. The van der Waals surface area contributed by atoms with Crippen molar-refractivity contribution >= 4 is 50.1 Å². The average molecular weight is 553 g/mol. The van der Waals surface area contributed by atoms with Crippen LogP contribution in [-0.4, -0.2) is 11.8 Å².